The van der Waals surface area contributed by atoms with Crippen molar-refractivity contribution in [1.29, 1.82) is 0 Å². The molecule has 0 spiro atoms. The molecule has 1 aliphatic rings. The van der Waals surface area contributed by atoms with Crippen molar-refractivity contribution in [2.75, 3.05) is 19.0 Å². The second-order valence-electron chi connectivity index (χ2n) is 6.21. The zero-order valence-corrected chi connectivity index (χ0v) is 15.3. The number of amides is 3. The zero-order chi connectivity index (χ0) is 19.4. The summed E-state index contributed by atoms with van der Waals surface area (Å²) in [6, 6.07) is 10.2. The second kappa shape index (κ2) is 8.26. The van der Waals surface area contributed by atoms with E-state index >= 15 is 0 Å². The summed E-state index contributed by atoms with van der Waals surface area (Å²) in [6.07, 6.45) is 0.0597. The molecule has 1 saturated heterocycles. The number of nitrogens with one attached hydrogen (secondary N) is 3. The number of methoxy groups -OCH3 is 1. The average molecular weight is 392 g/mol. The Bertz CT molecular complexity index is 845. The predicted molar refractivity (Wildman–Crippen MR) is 101 cm³/mol. The fraction of sp³-hybridized carbons (Fsp3) is 0.263. The molecule has 1 fully saturated rings. The number of ether oxygens (including phenoxy) is 1. The molecule has 3 N–H and O–H groups in total. The van der Waals surface area contributed by atoms with Crippen molar-refractivity contribution >= 4 is 29.2 Å². The van der Waals surface area contributed by atoms with E-state index in [1.807, 2.05) is 0 Å². The average Bonchev–Trinajstić information content (AvgIpc) is 2.64. The fourth-order valence-electron chi connectivity index (χ4n) is 3.06. The molecule has 0 aromatic heterocycles. The molecule has 0 bridgehead atoms. The van der Waals surface area contributed by atoms with Crippen molar-refractivity contribution in [3.8, 4) is 5.75 Å². The van der Waals surface area contributed by atoms with E-state index in [4.69, 9.17) is 16.3 Å². The molecule has 8 heteroatoms. The lowest BCUT2D eigenvalue weighted by molar-refractivity contribution is -0.123. The van der Waals surface area contributed by atoms with Crippen LogP contribution in [0.2, 0.25) is 5.02 Å². The Balaban J connectivity index is 1.75. The van der Waals surface area contributed by atoms with E-state index in [1.54, 1.807) is 36.4 Å². The second-order valence-corrected chi connectivity index (χ2v) is 6.65. The first-order valence-electron chi connectivity index (χ1n) is 8.39. The Kier molecular flexibility index (Phi) is 5.81. The van der Waals surface area contributed by atoms with Gasteiger partial charge in [0.1, 0.15) is 11.6 Å². The number of anilines is 1. The summed E-state index contributed by atoms with van der Waals surface area (Å²) in [5, 5.41) is 8.73. The summed E-state index contributed by atoms with van der Waals surface area (Å²) in [5.74, 6) is -0.636. The van der Waals surface area contributed by atoms with Crippen molar-refractivity contribution in [2.24, 2.45) is 0 Å². The molecular formula is C19H19ClFN3O3. The topological polar surface area (TPSA) is 79.5 Å². The van der Waals surface area contributed by atoms with Crippen LogP contribution < -0.4 is 20.7 Å². The minimum Gasteiger partial charge on any atom is -0.497 e. The summed E-state index contributed by atoms with van der Waals surface area (Å²) in [7, 11) is 1.46. The molecule has 2 aromatic carbocycles. The lowest BCUT2D eigenvalue weighted by Crippen LogP contribution is -2.51. The number of carbonyl (C=O) groups excluding carboxylic acids is 2. The Morgan fingerprint density at radius 3 is 2.67 bits per heavy atom. The maximum absolute atomic E-state index is 14.5. The van der Waals surface area contributed by atoms with Gasteiger partial charge in [0.15, 0.2) is 0 Å². The molecule has 6 nitrogen and oxygen atoms in total. The monoisotopic (exact) mass is 391 g/mol. The van der Waals surface area contributed by atoms with Gasteiger partial charge in [-0.2, -0.15) is 0 Å². The number of hydrogen-bond acceptors (Lipinski definition) is 3. The lowest BCUT2D eigenvalue weighted by Gasteiger charge is -2.32. The molecule has 1 heterocycles. The molecule has 2 atom stereocenters. The number of halogens is 2. The summed E-state index contributed by atoms with van der Waals surface area (Å²) in [5.41, 5.74) is 0.969. The van der Waals surface area contributed by atoms with Gasteiger partial charge in [0.25, 0.3) is 0 Å². The molecular weight excluding hydrogens is 373 g/mol. The number of piperidine rings is 1. The normalized spacial score (nSPS) is 19.1. The molecule has 3 amide bonds. The fourth-order valence-corrected chi connectivity index (χ4v) is 3.19. The van der Waals surface area contributed by atoms with Crippen LogP contribution in [0.4, 0.5) is 14.9 Å². The van der Waals surface area contributed by atoms with Crippen LogP contribution in [0.15, 0.2) is 42.5 Å². The van der Waals surface area contributed by atoms with Gasteiger partial charge < -0.3 is 20.7 Å². The lowest BCUT2D eigenvalue weighted by atomic mass is 9.86. The zero-order valence-electron chi connectivity index (χ0n) is 14.6. The summed E-state index contributed by atoms with van der Waals surface area (Å²) < 4.78 is 19.5. The number of hydrogen-bond donors (Lipinski definition) is 3. The van der Waals surface area contributed by atoms with E-state index in [0.717, 1.165) is 0 Å². The van der Waals surface area contributed by atoms with Crippen LogP contribution in [0.3, 0.4) is 0 Å². The van der Waals surface area contributed by atoms with E-state index in [-0.39, 0.29) is 18.9 Å². The number of rotatable bonds is 4. The van der Waals surface area contributed by atoms with Gasteiger partial charge >= 0.3 is 6.03 Å². The first-order chi connectivity index (χ1) is 13.0. The van der Waals surface area contributed by atoms with Gasteiger partial charge in [-0.1, -0.05) is 17.7 Å². The highest BCUT2D eigenvalue weighted by Crippen LogP contribution is 2.29. The number of benzene rings is 2. The largest absolute Gasteiger partial charge is 0.497 e. The third-order valence-corrected chi connectivity index (χ3v) is 4.69. The third-order valence-electron chi connectivity index (χ3n) is 4.44. The van der Waals surface area contributed by atoms with Gasteiger partial charge in [0, 0.05) is 41.7 Å². The molecule has 27 heavy (non-hydrogen) atoms. The van der Waals surface area contributed by atoms with Gasteiger partial charge in [-0.05, 0) is 35.9 Å². The van der Waals surface area contributed by atoms with Crippen LogP contribution in [0, 0.1) is 5.82 Å². The van der Waals surface area contributed by atoms with Crippen molar-refractivity contribution < 1.29 is 18.7 Å². The van der Waals surface area contributed by atoms with E-state index in [0.29, 0.717) is 22.0 Å². The SMILES string of the molecule is COc1ccc(C2CNC(=O)CC2NC(=O)Nc2ccc(Cl)cc2)c(F)c1. The first-order valence-corrected chi connectivity index (χ1v) is 8.77. The Morgan fingerprint density at radius 2 is 2.00 bits per heavy atom. The van der Waals surface area contributed by atoms with Crippen LogP contribution in [0.5, 0.6) is 5.75 Å². The minimum absolute atomic E-state index is 0.0597. The maximum atomic E-state index is 14.5. The smallest absolute Gasteiger partial charge is 0.319 e. The Morgan fingerprint density at radius 1 is 1.26 bits per heavy atom. The van der Waals surface area contributed by atoms with Gasteiger partial charge in [0.05, 0.1) is 7.11 Å². The third kappa shape index (κ3) is 4.68. The standard InChI is InChI=1S/C19H19ClFN3O3/c1-27-13-6-7-14(16(21)8-13)15-10-22-18(25)9-17(15)24-19(26)23-12-4-2-11(20)3-5-12/h2-8,15,17H,9-10H2,1H3,(H,22,25)(H2,23,24,26). The van der Waals surface area contributed by atoms with Crippen molar-refractivity contribution in [1.82, 2.24) is 10.6 Å². The van der Waals surface area contributed by atoms with E-state index in [9.17, 15) is 14.0 Å². The highest BCUT2D eigenvalue weighted by molar-refractivity contribution is 6.30. The summed E-state index contributed by atoms with van der Waals surface area (Å²) in [6.45, 7) is 0.230. The van der Waals surface area contributed by atoms with Crippen LogP contribution in [0.25, 0.3) is 0 Å². The molecule has 0 radical (unpaired) electrons. The molecule has 2 aromatic rings. The summed E-state index contributed by atoms with van der Waals surface area (Å²) in [4.78, 5) is 24.1. The van der Waals surface area contributed by atoms with Crippen molar-refractivity contribution in [3.63, 3.8) is 0 Å². The van der Waals surface area contributed by atoms with Crippen LogP contribution in [-0.2, 0) is 4.79 Å². The van der Waals surface area contributed by atoms with Crippen LogP contribution in [0.1, 0.15) is 17.9 Å². The highest BCUT2D eigenvalue weighted by atomic mass is 35.5. The quantitative estimate of drug-likeness (QED) is 0.748. The predicted octanol–water partition coefficient (Wildman–Crippen LogP) is 3.28. The van der Waals surface area contributed by atoms with Gasteiger partial charge in [-0.3, -0.25) is 4.79 Å². The molecule has 142 valence electrons. The van der Waals surface area contributed by atoms with Crippen molar-refractivity contribution in [2.45, 2.75) is 18.4 Å². The maximum Gasteiger partial charge on any atom is 0.319 e. The van der Waals surface area contributed by atoms with Gasteiger partial charge in [-0.15, -0.1) is 0 Å². The van der Waals surface area contributed by atoms with Gasteiger partial charge in [0.2, 0.25) is 5.91 Å². The number of urea groups is 1. The molecule has 1 aliphatic heterocycles. The van der Waals surface area contributed by atoms with E-state index in [1.165, 1.54) is 13.2 Å². The van der Waals surface area contributed by atoms with Gasteiger partial charge in [-0.25, -0.2) is 9.18 Å². The Hall–Kier alpha value is -2.80. The molecule has 0 aliphatic carbocycles. The van der Waals surface area contributed by atoms with E-state index < -0.39 is 23.8 Å². The van der Waals surface area contributed by atoms with E-state index in [2.05, 4.69) is 16.0 Å². The molecule has 0 saturated carbocycles. The Labute approximate surface area is 161 Å². The van der Waals surface area contributed by atoms with Crippen LogP contribution in [-0.4, -0.2) is 31.6 Å². The first kappa shape index (κ1) is 19.0. The minimum atomic E-state index is -0.547. The van der Waals surface area contributed by atoms with Crippen molar-refractivity contribution in [3.05, 3.63) is 58.9 Å². The molecule has 3 rings (SSSR count). The highest BCUT2D eigenvalue weighted by Gasteiger charge is 2.33. The number of carbonyl (C=O) groups is 2. The van der Waals surface area contributed by atoms with Crippen LogP contribution >= 0.6 is 11.6 Å². The summed E-state index contributed by atoms with van der Waals surface area (Å²) >= 11 is 5.83. The molecule has 2 unspecified atom stereocenters.